The van der Waals surface area contributed by atoms with Crippen LogP contribution in [0.25, 0.3) is 0 Å². The molecule has 0 fully saturated rings. The highest BCUT2D eigenvalue weighted by molar-refractivity contribution is 5.70. The molecule has 0 radical (unpaired) electrons. The molecule has 1 rings (SSSR count). The minimum atomic E-state index is -0.352. The van der Waals surface area contributed by atoms with Gasteiger partial charge in [0, 0.05) is 12.1 Å². The van der Waals surface area contributed by atoms with E-state index in [0.29, 0.717) is 6.42 Å². The number of hydrogen-bond acceptors (Lipinski definition) is 4. The second-order valence-electron chi connectivity index (χ2n) is 3.80. The summed E-state index contributed by atoms with van der Waals surface area (Å²) >= 11 is 0. The summed E-state index contributed by atoms with van der Waals surface area (Å²) in [7, 11) is 1.38. The van der Waals surface area contributed by atoms with Crippen LogP contribution in [0.5, 0.6) is 0 Å². The number of methoxy groups -OCH3 is 1. The Kier molecular flexibility index (Phi) is 4.78. The zero-order valence-corrected chi connectivity index (χ0v) is 9.27. The van der Waals surface area contributed by atoms with E-state index in [-0.39, 0.29) is 24.2 Å². The molecule has 0 aliphatic carbocycles. The molecule has 86 valence electrons. The SMILES string of the molecule is CC[C@H](O)[C@@H]1CC=C[C@H](CC(=O)OC)N1. The summed E-state index contributed by atoms with van der Waals surface area (Å²) in [6.45, 7) is 1.94. The predicted molar refractivity (Wildman–Crippen MR) is 57.4 cm³/mol. The van der Waals surface area contributed by atoms with Crippen molar-refractivity contribution < 1.29 is 14.6 Å². The normalized spacial score (nSPS) is 27.4. The summed E-state index contributed by atoms with van der Waals surface area (Å²) < 4.78 is 4.60. The lowest BCUT2D eigenvalue weighted by Crippen LogP contribution is -2.47. The number of ether oxygens (including phenoxy) is 1. The second-order valence-corrected chi connectivity index (χ2v) is 3.80. The Labute approximate surface area is 90.3 Å². The predicted octanol–water partition coefficient (Wildman–Crippen LogP) is 0.607. The van der Waals surface area contributed by atoms with Gasteiger partial charge < -0.3 is 15.2 Å². The lowest BCUT2D eigenvalue weighted by atomic mass is 9.98. The maximum atomic E-state index is 11.1. The van der Waals surface area contributed by atoms with Crippen LogP contribution in [0, 0.1) is 0 Å². The van der Waals surface area contributed by atoms with Gasteiger partial charge in [-0.2, -0.15) is 0 Å². The summed E-state index contributed by atoms with van der Waals surface area (Å²) in [5, 5.41) is 12.9. The van der Waals surface area contributed by atoms with Crippen molar-refractivity contribution in [2.75, 3.05) is 7.11 Å². The van der Waals surface area contributed by atoms with Gasteiger partial charge in [0.2, 0.25) is 0 Å². The fourth-order valence-electron chi connectivity index (χ4n) is 1.73. The van der Waals surface area contributed by atoms with Gasteiger partial charge in [0.1, 0.15) is 0 Å². The third-order valence-corrected chi connectivity index (χ3v) is 2.68. The van der Waals surface area contributed by atoms with Crippen molar-refractivity contribution in [3.05, 3.63) is 12.2 Å². The van der Waals surface area contributed by atoms with Crippen LogP contribution in [-0.4, -0.2) is 36.4 Å². The molecule has 0 aromatic carbocycles. The third-order valence-electron chi connectivity index (χ3n) is 2.68. The third kappa shape index (κ3) is 3.64. The fourth-order valence-corrected chi connectivity index (χ4v) is 1.73. The summed E-state index contributed by atoms with van der Waals surface area (Å²) in [6.07, 6.45) is 5.46. The highest BCUT2D eigenvalue weighted by Gasteiger charge is 2.23. The minimum absolute atomic E-state index is 0.0163. The molecule has 0 bridgehead atoms. The van der Waals surface area contributed by atoms with E-state index in [1.807, 2.05) is 19.1 Å². The Hall–Kier alpha value is -0.870. The maximum Gasteiger partial charge on any atom is 0.307 e. The zero-order valence-electron chi connectivity index (χ0n) is 9.27. The van der Waals surface area contributed by atoms with Gasteiger partial charge in [0.15, 0.2) is 0 Å². The van der Waals surface area contributed by atoms with Gasteiger partial charge in [-0.15, -0.1) is 0 Å². The molecule has 0 aromatic heterocycles. The molecule has 1 aliphatic rings. The first kappa shape index (κ1) is 12.2. The molecular formula is C11H19NO3. The number of esters is 1. The van der Waals surface area contributed by atoms with Crippen molar-refractivity contribution >= 4 is 5.97 Å². The van der Waals surface area contributed by atoms with Crippen molar-refractivity contribution in [2.24, 2.45) is 0 Å². The van der Waals surface area contributed by atoms with E-state index < -0.39 is 0 Å². The van der Waals surface area contributed by atoms with Crippen molar-refractivity contribution in [2.45, 2.75) is 44.4 Å². The summed E-state index contributed by atoms with van der Waals surface area (Å²) in [4.78, 5) is 11.1. The second kappa shape index (κ2) is 5.88. The molecule has 1 heterocycles. The average Bonchev–Trinajstić information content (AvgIpc) is 2.28. The van der Waals surface area contributed by atoms with Gasteiger partial charge in [-0.05, 0) is 12.8 Å². The van der Waals surface area contributed by atoms with Crippen LogP contribution in [-0.2, 0) is 9.53 Å². The Balaban J connectivity index is 2.45. The Morgan fingerprint density at radius 1 is 1.73 bits per heavy atom. The van der Waals surface area contributed by atoms with Crippen molar-refractivity contribution in [1.82, 2.24) is 5.32 Å². The first-order valence-electron chi connectivity index (χ1n) is 5.35. The molecule has 0 unspecified atom stereocenters. The molecule has 15 heavy (non-hydrogen) atoms. The first-order chi connectivity index (χ1) is 7.17. The van der Waals surface area contributed by atoms with E-state index in [2.05, 4.69) is 10.1 Å². The van der Waals surface area contributed by atoms with Crippen LogP contribution >= 0.6 is 0 Å². The Bertz CT molecular complexity index is 240. The lowest BCUT2D eigenvalue weighted by Gasteiger charge is -2.29. The standard InChI is InChI=1S/C11H19NO3/c1-3-10(13)9-6-4-5-8(12-9)7-11(14)15-2/h4-5,8-10,12-13H,3,6-7H2,1-2H3/t8-,9+,10+/m1/s1. The van der Waals surface area contributed by atoms with Gasteiger partial charge in [0.25, 0.3) is 0 Å². The van der Waals surface area contributed by atoms with Crippen LogP contribution < -0.4 is 5.32 Å². The number of carbonyl (C=O) groups excluding carboxylic acids is 1. The van der Waals surface area contributed by atoms with Crippen molar-refractivity contribution in [3.63, 3.8) is 0 Å². The molecule has 0 aromatic rings. The molecule has 0 amide bonds. The molecule has 2 N–H and O–H groups in total. The molecule has 3 atom stereocenters. The highest BCUT2D eigenvalue weighted by Crippen LogP contribution is 2.12. The summed E-state index contributed by atoms with van der Waals surface area (Å²) in [6, 6.07) is 0.0343. The van der Waals surface area contributed by atoms with E-state index in [0.717, 1.165) is 12.8 Å². The Morgan fingerprint density at radius 2 is 2.47 bits per heavy atom. The van der Waals surface area contributed by atoms with E-state index >= 15 is 0 Å². The van der Waals surface area contributed by atoms with E-state index in [1.165, 1.54) is 7.11 Å². The summed E-state index contributed by atoms with van der Waals surface area (Å²) in [5.74, 6) is -0.233. The van der Waals surface area contributed by atoms with Crippen molar-refractivity contribution in [3.8, 4) is 0 Å². The van der Waals surface area contributed by atoms with Gasteiger partial charge >= 0.3 is 5.97 Å². The Morgan fingerprint density at radius 3 is 3.07 bits per heavy atom. The van der Waals surface area contributed by atoms with Gasteiger partial charge in [0.05, 0.1) is 19.6 Å². The zero-order chi connectivity index (χ0) is 11.3. The number of hydrogen-bond donors (Lipinski definition) is 2. The number of carbonyl (C=O) groups is 1. The molecular weight excluding hydrogens is 194 g/mol. The van der Waals surface area contributed by atoms with Gasteiger partial charge in [-0.3, -0.25) is 4.79 Å². The molecule has 1 aliphatic heterocycles. The van der Waals surface area contributed by atoms with E-state index in [1.54, 1.807) is 0 Å². The number of rotatable bonds is 4. The fraction of sp³-hybridized carbons (Fsp3) is 0.727. The van der Waals surface area contributed by atoms with Crippen LogP contribution in [0.1, 0.15) is 26.2 Å². The molecule has 0 saturated heterocycles. The quantitative estimate of drug-likeness (QED) is 0.530. The number of aliphatic hydroxyl groups is 1. The monoisotopic (exact) mass is 213 g/mol. The molecule has 0 saturated carbocycles. The lowest BCUT2D eigenvalue weighted by molar-refractivity contribution is -0.141. The maximum absolute atomic E-state index is 11.1. The van der Waals surface area contributed by atoms with Gasteiger partial charge in [-0.1, -0.05) is 19.1 Å². The largest absolute Gasteiger partial charge is 0.469 e. The number of aliphatic hydroxyl groups excluding tert-OH is 1. The smallest absolute Gasteiger partial charge is 0.307 e. The van der Waals surface area contributed by atoms with Crippen LogP contribution in [0.2, 0.25) is 0 Å². The van der Waals surface area contributed by atoms with Crippen LogP contribution in [0.15, 0.2) is 12.2 Å². The van der Waals surface area contributed by atoms with E-state index in [4.69, 9.17) is 0 Å². The summed E-state index contributed by atoms with van der Waals surface area (Å²) in [5.41, 5.74) is 0. The van der Waals surface area contributed by atoms with Gasteiger partial charge in [-0.25, -0.2) is 0 Å². The molecule has 4 nitrogen and oxygen atoms in total. The minimum Gasteiger partial charge on any atom is -0.469 e. The highest BCUT2D eigenvalue weighted by atomic mass is 16.5. The van der Waals surface area contributed by atoms with Crippen LogP contribution in [0.4, 0.5) is 0 Å². The van der Waals surface area contributed by atoms with E-state index in [9.17, 15) is 9.90 Å². The molecule has 0 spiro atoms. The van der Waals surface area contributed by atoms with Crippen LogP contribution in [0.3, 0.4) is 0 Å². The van der Waals surface area contributed by atoms with Crippen molar-refractivity contribution in [1.29, 1.82) is 0 Å². The topological polar surface area (TPSA) is 58.6 Å². The number of nitrogens with one attached hydrogen (secondary N) is 1. The molecule has 4 heteroatoms. The average molecular weight is 213 g/mol. The first-order valence-corrected chi connectivity index (χ1v) is 5.35.